The van der Waals surface area contributed by atoms with E-state index in [1.54, 1.807) is 12.2 Å². The highest BCUT2D eigenvalue weighted by Crippen LogP contribution is 2.32. The predicted molar refractivity (Wildman–Crippen MR) is 87.4 cm³/mol. The van der Waals surface area contributed by atoms with Gasteiger partial charge < -0.3 is 15.7 Å². The lowest BCUT2D eigenvalue weighted by Gasteiger charge is -2.31. The maximum absolute atomic E-state index is 11.6. The van der Waals surface area contributed by atoms with Crippen molar-refractivity contribution in [2.45, 2.75) is 19.2 Å². The Labute approximate surface area is 129 Å². The molecule has 2 unspecified atom stereocenters. The molecule has 1 amide bonds. The number of hydrogen-bond acceptors (Lipinski definition) is 4. The van der Waals surface area contributed by atoms with Gasteiger partial charge in [-0.15, -0.1) is 0 Å². The zero-order chi connectivity index (χ0) is 16.6. The van der Waals surface area contributed by atoms with E-state index in [4.69, 9.17) is 5.73 Å². The average Bonchev–Trinajstić information content (AvgIpc) is 2.40. The number of nitrogens with zero attached hydrogens (tertiary/aromatic N) is 1. The number of hydrogen-bond donors (Lipinski definition) is 2. The number of nitrogens with two attached hydrogens (primary N) is 1. The second-order valence-electron chi connectivity index (χ2n) is 4.33. The number of amides is 1. The van der Waals surface area contributed by atoms with Gasteiger partial charge in [-0.2, -0.15) is 0 Å². The van der Waals surface area contributed by atoms with Crippen LogP contribution in [0.1, 0.15) is 13.8 Å². The predicted octanol–water partition coefficient (Wildman–Crippen LogP) is 2.34. The third-order valence-electron chi connectivity index (χ3n) is 2.74. The summed E-state index contributed by atoms with van der Waals surface area (Å²) in [6, 6.07) is 0. The van der Waals surface area contributed by atoms with Crippen LogP contribution in [0, 0.1) is 5.92 Å². The van der Waals surface area contributed by atoms with Gasteiger partial charge in [0.1, 0.15) is 11.3 Å². The van der Waals surface area contributed by atoms with E-state index in [2.05, 4.69) is 13.2 Å². The summed E-state index contributed by atoms with van der Waals surface area (Å²) in [4.78, 5) is 25.1. The van der Waals surface area contributed by atoms with Crippen molar-refractivity contribution in [1.82, 2.24) is 4.90 Å². The monoisotopic (exact) mass is 310 g/mol. The lowest BCUT2D eigenvalue weighted by molar-refractivity contribution is -0.142. The minimum Gasteiger partial charge on any atom is -0.481 e. The Morgan fingerprint density at radius 2 is 2.00 bits per heavy atom. The van der Waals surface area contributed by atoms with Crippen LogP contribution >= 0.6 is 11.8 Å². The Bertz CT molecular complexity index is 469. The molecule has 0 saturated heterocycles. The average molecular weight is 310 g/mol. The smallest absolute Gasteiger partial charge is 0.315 e. The number of carbonyl (C=O) groups is 2. The summed E-state index contributed by atoms with van der Waals surface area (Å²) >= 11 is 1.21. The molecule has 0 rings (SSSR count). The highest BCUT2D eigenvalue weighted by molar-refractivity contribution is 8.03. The number of rotatable bonds is 8. The fourth-order valence-corrected chi connectivity index (χ4v) is 2.77. The van der Waals surface area contributed by atoms with Crippen molar-refractivity contribution in [2.75, 3.05) is 7.05 Å². The van der Waals surface area contributed by atoms with Crippen molar-refractivity contribution in [2.24, 2.45) is 11.7 Å². The van der Waals surface area contributed by atoms with Gasteiger partial charge in [0.25, 0.3) is 0 Å². The molecule has 0 aromatic rings. The Kier molecular flexibility index (Phi) is 8.23. The Morgan fingerprint density at radius 3 is 2.33 bits per heavy atom. The quantitative estimate of drug-likeness (QED) is 0.531. The molecule has 0 aromatic carbocycles. The molecule has 0 aliphatic heterocycles. The van der Waals surface area contributed by atoms with Crippen molar-refractivity contribution in [1.29, 1.82) is 0 Å². The molecule has 6 heteroatoms. The second-order valence-corrected chi connectivity index (χ2v) is 5.52. The zero-order valence-electron chi connectivity index (χ0n) is 12.6. The van der Waals surface area contributed by atoms with Gasteiger partial charge in [0.15, 0.2) is 0 Å². The number of carboxylic acids is 1. The molecule has 3 N–H and O–H groups in total. The van der Waals surface area contributed by atoms with Gasteiger partial charge in [0, 0.05) is 24.6 Å². The lowest BCUT2D eigenvalue weighted by atomic mass is 10.1. The van der Waals surface area contributed by atoms with E-state index in [0.29, 0.717) is 0 Å². The molecular weight excluding hydrogens is 288 g/mol. The molecule has 0 aliphatic rings. The first-order valence-corrected chi connectivity index (χ1v) is 7.16. The van der Waals surface area contributed by atoms with Crippen molar-refractivity contribution in [3.05, 3.63) is 48.1 Å². The number of carbonyl (C=O) groups excluding carboxylic acids is 1. The van der Waals surface area contributed by atoms with Crippen molar-refractivity contribution >= 4 is 23.6 Å². The maximum Gasteiger partial charge on any atom is 0.315 e. The van der Waals surface area contributed by atoms with Crippen molar-refractivity contribution < 1.29 is 14.7 Å². The fourth-order valence-electron chi connectivity index (χ4n) is 1.50. The van der Waals surface area contributed by atoms with E-state index in [9.17, 15) is 14.7 Å². The standard InChI is InChI=1S/C15H22N2O3S/c1-6-8-9-12(7-2)21-14(17(5)11(4)18)13(10(3)16)15(19)20/h6-9,13-14H,2-3,16H2,1,4-5H3,(H,19,20)/b8-6-,12-9+. The molecule has 21 heavy (non-hydrogen) atoms. The van der Waals surface area contributed by atoms with Gasteiger partial charge in [-0.3, -0.25) is 9.59 Å². The molecule has 0 aromatic heterocycles. The summed E-state index contributed by atoms with van der Waals surface area (Å²) in [5.74, 6) is -2.45. The van der Waals surface area contributed by atoms with Crippen LogP contribution in [0.5, 0.6) is 0 Å². The summed E-state index contributed by atoms with van der Waals surface area (Å²) in [6.45, 7) is 10.4. The maximum atomic E-state index is 11.6. The minimum absolute atomic E-state index is 0.00236. The molecule has 0 heterocycles. The largest absolute Gasteiger partial charge is 0.481 e. The first kappa shape index (κ1) is 19.1. The van der Waals surface area contributed by atoms with E-state index >= 15 is 0 Å². The van der Waals surface area contributed by atoms with Gasteiger partial charge in [0.2, 0.25) is 5.91 Å². The summed E-state index contributed by atoms with van der Waals surface area (Å²) in [5, 5.41) is 8.65. The van der Waals surface area contributed by atoms with Crippen LogP contribution in [0.4, 0.5) is 0 Å². The third-order valence-corrected chi connectivity index (χ3v) is 4.14. The molecular formula is C15H22N2O3S. The van der Waals surface area contributed by atoms with Gasteiger partial charge in [0.05, 0.1) is 0 Å². The topological polar surface area (TPSA) is 83.6 Å². The van der Waals surface area contributed by atoms with E-state index in [1.807, 2.05) is 19.1 Å². The third kappa shape index (κ3) is 5.91. The fraction of sp³-hybridized carbons (Fsp3) is 0.333. The Balaban J connectivity index is 5.60. The van der Waals surface area contributed by atoms with Crippen molar-refractivity contribution in [3.63, 3.8) is 0 Å². The van der Waals surface area contributed by atoms with E-state index in [-0.39, 0.29) is 11.6 Å². The molecule has 0 saturated carbocycles. The summed E-state index contributed by atoms with van der Waals surface area (Å²) in [6.07, 6.45) is 7.03. The Hall–Kier alpha value is -1.95. The summed E-state index contributed by atoms with van der Waals surface area (Å²) in [5.41, 5.74) is 5.61. The molecule has 0 bridgehead atoms. The zero-order valence-corrected chi connectivity index (χ0v) is 13.4. The normalized spacial score (nSPS) is 14.5. The molecule has 5 nitrogen and oxygen atoms in total. The number of aliphatic carboxylic acids is 1. The number of allylic oxidation sites excluding steroid dienone is 4. The van der Waals surface area contributed by atoms with E-state index < -0.39 is 17.3 Å². The van der Waals surface area contributed by atoms with Crippen LogP contribution in [-0.2, 0) is 9.59 Å². The molecule has 0 spiro atoms. The van der Waals surface area contributed by atoms with E-state index in [1.165, 1.54) is 30.6 Å². The van der Waals surface area contributed by atoms with E-state index in [0.717, 1.165) is 4.91 Å². The molecule has 0 aliphatic carbocycles. The van der Waals surface area contributed by atoms with Gasteiger partial charge in [-0.05, 0) is 13.0 Å². The van der Waals surface area contributed by atoms with Crippen LogP contribution in [0.3, 0.4) is 0 Å². The van der Waals surface area contributed by atoms with Crippen LogP contribution < -0.4 is 5.73 Å². The van der Waals surface area contributed by atoms with Crippen LogP contribution in [0.15, 0.2) is 48.1 Å². The first-order valence-electron chi connectivity index (χ1n) is 6.28. The lowest BCUT2D eigenvalue weighted by Crippen LogP contribution is -2.43. The highest BCUT2D eigenvalue weighted by Gasteiger charge is 2.34. The van der Waals surface area contributed by atoms with Crippen LogP contribution in [-0.4, -0.2) is 34.3 Å². The highest BCUT2D eigenvalue weighted by atomic mass is 32.2. The molecule has 2 atom stereocenters. The number of carboxylic acid groups (broad SMARTS) is 1. The van der Waals surface area contributed by atoms with Crippen LogP contribution in [0.25, 0.3) is 0 Å². The Morgan fingerprint density at radius 1 is 1.43 bits per heavy atom. The summed E-state index contributed by atoms with van der Waals surface area (Å²) < 4.78 is 0. The molecule has 116 valence electrons. The SMILES string of the molecule is C=C/C(=C\C=C/C)SC(C(C(=C)N)C(=O)O)N(C)C(C)=O. The van der Waals surface area contributed by atoms with Gasteiger partial charge in [-0.25, -0.2) is 0 Å². The summed E-state index contributed by atoms with van der Waals surface area (Å²) in [7, 11) is 1.54. The van der Waals surface area contributed by atoms with Crippen molar-refractivity contribution in [3.8, 4) is 0 Å². The van der Waals surface area contributed by atoms with Gasteiger partial charge in [-0.1, -0.05) is 43.1 Å². The molecule has 0 radical (unpaired) electrons. The van der Waals surface area contributed by atoms with Gasteiger partial charge >= 0.3 is 5.97 Å². The van der Waals surface area contributed by atoms with Crippen LogP contribution in [0.2, 0.25) is 0 Å². The number of thioether (sulfide) groups is 1. The first-order chi connectivity index (χ1) is 9.76. The molecule has 0 fully saturated rings. The minimum atomic E-state index is -1.12. The second kappa shape index (κ2) is 9.07.